The lowest BCUT2D eigenvalue weighted by Gasteiger charge is -2.37. The van der Waals surface area contributed by atoms with Gasteiger partial charge in [-0.1, -0.05) is 15.9 Å². The molecule has 2 rings (SSSR count). The highest BCUT2D eigenvalue weighted by molar-refractivity contribution is 9.10. The molecule has 0 spiro atoms. The maximum absolute atomic E-state index is 13.9. The van der Waals surface area contributed by atoms with Gasteiger partial charge in [-0.15, -0.1) is 0 Å². The molecule has 1 aromatic rings. The van der Waals surface area contributed by atoms with Crippen molar-refractivity contribution in [2.24, 2.45) is 0 Å². The number of nitrogens with zero attached hydrogens (tertiary/aromatic N) is 1. The summed E-state index contributed by atoms with van der Waals surface area (Å²) < 4.78 is 14.8. The summed E-state index contributed by atoms with van der Waals surface area (Å²) in [4.78, 5) is 2.36. The molecule has 2 nitrogen and oxygen atoms in total. The van der Waals surface area contributed by atoms with E-state index in [0.717, 1.165) is 23.1 Å². The molecule has 18 heavy (non-hydrogen) atoms. The van der Waals surface area contributed by atoms with E-state index in [1.165, 1.54) is 18.9 Å². The van der Waals surface area contributed by atoms with Gasteiger partial charge in [-0.05, 0) is 51.6 Å². The van der Waals surface area contributed by atoms with E-state index in [1.807, 2.05) is 13.1 Å². The van der Waals surface area contributed by atoms with E-state index in [2.05, 4.69) is 33.1 Å². The molecule has 1 fully saturated rings. The zero-order chi connectivity index (χ0) is 13.1. The predicted molar refractivity (Wildman–Crippen MR) is 76.2 cm³/mol. The Labute approximate surface area is 117 Å². The topological polar surface area (TPSA) is 15.3 Å². The summed E-state index contributed by atoms with van der Waals surface area (Å²) in [5.41, 5.74) is 0.779. The Kier molecular flexibility index (Phi) is 4.76. The third-order valence-electron chi connectivity index (χ3n) is 3.82. The van der Waals surface area contributed by atoms with Gasteiger partial charge in [-0.2, -0.15) is 0 Å². The summed E-state index contributed by atoms with van der Waals surface area (Å²) in [7, 11) is 2.00. The first-order valence-electron chi connectivity index (χ1n) is 6.48. The zero-order valence-corrected chi connectivity index (χ0v) is 12.5. The van der Waals surface area contributed by atoms with Gasteiger partial charge < -0.3 is 5.32 Å². The molecule has 0 aromatic heterocycles. The van der Waals surface area contributed by atoms with E-state index in [-0.39, 0.29) is 11.9 Å². The van der Waals surface area contributed by atoms with E-state index in [0.29, 0.717) is 6.04 Å². The number of nitrogens with one attached hydrogen (secondary N) is 1. The third-order valence-corrected chi connectivity index (χ3v) is 4.31. The van der Waals surface area contributed by atoms with Crippen molar-refractivity contribution < 1.29 is 4.39 Å². The first-order valence-corrected chi connectivity index (χ1v) is 7.27. The Morgan fingerprint density at radius 3 is 3.00 bits per heavy atom. The number of benzene rings is 1. The number of hydrogen-bond donors (Lipinski definition) is 1. The molecule has 1 N–H and O–H groups in total. The Bertz CT molecular complexity index is 411. The second-order valence-electron chi connectivity index (χ2n) is 4.96. The normalized spacial score (nSPS) is 23.0. The van der Waals surface area contributed by atoms with E-state index < -0.39 is 0 Å². The minimum absolute atomic E-state index is 0.114. The van der Waals surface area contributed by atoms with Crippen molar-refractivity contribution in [1.29, 1.82) is 0 Å². The van der Waals surface area contributed by atoms with Crippen LogP contribution >= 0.6 is 15.9 Å². The Morgan fingerprint density at radius 1 is 1.50 bits per heavy atom. The molecule has 2 atom stereocenters. The van der Waals surface area contributed by atoms with Gasteiger partial charge in [0, 0.05) is 28.7 Å². The van der Waals surface area contributed by atoms with Crippen molar-refractivity contribution in [1.82, 2.24) is 10.2 Å². The molecule has 0 saturated carbocycles. The van der Waals surface area contributed by atoms with Crippen LogP contribution in [0.5, 0.6) is 0 Å². The van der Waals surface area contributed by atoms with Crippen LogP contribution in [0.25, 0.3) is 0 Å². The lowest BCUT2D eigenvalue weighted by atomic mass is 10.0. The van der Waals surface area contributed by atoms with Crippen LogP contribution in [-0.2, 0) is 0 Å². The molecule has 1 saturated heterocycles. The molecule has 1 aromatic carbocycles. The molecule has 0 bridgehead atoms. The van der Waals surface area contributed by atoms with Gasteiger partial charge in [0.2, 0.25) is 0 Å². The molecular formula is C14H20BrFN2. The fourth-order valence-electron chi connectivity index (χ4n) is 2.63. The first kappa shape index (κ1) is 14.0. The minimum atomic E-state index is -0.114. The maximum Gasteiger partial charge on any atom is 0.128 e. The van der Waals surface area contributed by atoms with Gasteiger partial charge in [0.05, 0.1) is 0 Å². The van der Waals surface area contributed by atoms with Crippen LogP contribution < -0.4 is 5.32 Å². The van der Waals surface area contributed by atoms with E-state index >= 15 is 0 Å². The number of rotatable bonds is 3. The quantitative estimate of drug-likeness (QED) is 0.920. The number of halogens is 2. The SMILES string of the molecule is CNC1CCCN(C(C)c2cc(Br)ccc2F)C1. The van der Waals surface area contributed by atoms with Crippen molar-refractivity contribution in [2.75, 3.05) is 20.1 Å². The lowest BCUT2D eigenvalue weighted by molar-refractivity contribution is 0.147. The summed E-state index contributed by atoms with van der Waals surface area (Å²) in [5.74, 6) is -0.114. The molecule has 2 unspecified atom stereocenters. The summed E-state index contributed by atoms with van der Waals surface area (Å²) in [6.45, 7) is 4.12. The number of likely N-dealkylation sites (N-methyl/N-ethyl adjacent to an activating group) is 1. The van der Waals surface area contributed by atoms with Crippen LogP contribution in [0.1, 0.15) is 31.4 Å². The predicted octanol–water partition coefficient (Wildman–Crippen LogP) is 3.33. The highest BCUT2D eigenvalue weighted by Crippen LogP contribution is 2.28. The number of piperidine rings is 1. The van der Waals surface area contributed by atoms with Crippen LogP contribution in [-0.4, -0.2) is 31.1 Å². The summed E-state index contributed by atoms with van der Waals surface area (Å²) in [6.07, 6.45) is 2.38. The van der Waals surface area contributed by atoms with Gasteiger partial charge in [0.15, 0.2) is 0 Å². The van der Waals surface area contributed by atoms with Gasteiger partial charge in [0.1, 0.15) is 5.82 Å². The van der Waals surface area contributed by atoms with Crippen molar-refractivity contribution in [3.8, 4) is 0 Å². The van der Waals surface area contributed by atoms with E-state index in [9.17, 15) is 4.39 Å². The van der Waals surface area contributed by atoms with Gasteiger partial charge in [-0.25, -0.2) is 4.39 Å². The highest BCUT2D eigenvalue weighted by Gasteiger charge is 2.24. The van der Waals surface area contributed by atoms with Crippen LogP contribution in [0.15, 0.2) is 22.7 Å². The molecule has 0 radical (unpaired) electrons. The van der Waals surface area contributed by atoms with Crippen LogP contribution in [0.4, 0.5) is 4.39 Å². The average Bonchev–Trinajstić information content (AvgIpc) is 2.41. The summed E-state index contributed by atoms with van der Waals surface area (Å²) in [5, 5.41) is 3.32. The monoisotopic (exact) mass is 314 g/mol. The second-order valence-corrected chi connectivity index (χ2v) is 5.88. The molecule has 100 valence electrons. The molecular weight excluding hydrogens is 295 g/mol. The highest BCUT2D eigenvalue weighted by atomic mass is 79.9. The van der Waals surface area contributed by atoms with Gasteiger partial charge in [0.25, 0.3) is 0 Å². The minimum Gasteiger partial charge on any atom is -0.316 e. The van der Waals surface area contributed by atoms with Crippen LogP contribution in [0.3, 0.4) is 0 Å². The van der Waals surface area contributed by atoms with E-state index in [4.69, 9.17) is 0 Å². The molecule has 1 aliphatic rings. The largest absolute Gasteiger partial charge is 0.316 e. The lowest BCUT2D eigenvalue weighted by Crippen LogP contribution is -2.45. The van der Waals surface area contributed by atoms with Crippen molar-refractivity contribution >= 4 is 15.9 Å². The maximum atomic E-state index is 13.9. The third kappa shape index (κ3) is 3.11. The molecule has 1 aliphatic heterocycles. The molecule has 0 aliphatic carbocycles. The van der Waals surface area contributed by atoms with Gasteiger partial charge in [-0.3, -0.25) is 4.90 Å². The van der Waals surface area contributed by atoms with Crippen LogP contribution in [0, 0.1) is 5.82 Å². The Morgan fingerprint density at radius 2 is 2.28 bits per heavy atom. The molecule has 1 heterocycles. The summed E-state index contributed by atoms with van der Waals surface area (Å²) in [6, 6.07) is 5.83. The van der Waals surface area contributed by atoms with Crippen molar-refractivity contribution in [3.63, 3.8) is 0 Å². The Hall–Kier alpha value is -0.450. The fraction of sp³-hybridized carbons (Fsp3) is 0.571. The average molecular weight is 315 g/mol. The summed E-state index contributed by atoms with van der Waals surface area (Å²) >= 11 is 3.42. The smallest absolute Gasteiger partial charge is 0.128 e. The molecule has 4 heteroatoms. The first-order chi connectivity index (χ1) is 8.61. The fourth-order valence-corrected chi connectivity index (χ4v) is 3.00. The van der Waals surface area contributed by atoms with Crippen molar-refractivity contribution in [2.45, 2.75) is 31.8 Å². The standard InChI is InChI=1S/C14H20BrFN2/c1-10(13-8-11(15)5-6-14(13)16)18-7-3-4-12(9-18)17-2/h5-6,8,10,12,17H,3-4,7,9H2,1-2H3. The zero-order valence-electron chi connectivity index (χ0n) is 10.9. The number of likely N-dealkylation sites (tertiary alicyclic amines) is 1. The molecule has 0 amide bonds. The van der Waals surface area contributed by atoms with Crippen LogP contribution in [0.2, 0.25) is 0 Å². The Balaban J connectivity index is 2.14. The number of hydrogen-bond acceptors (Lipinski definition) is 2. The van der Waals surface area contributed by atoms with Gasteiger partial charge >= 0.3 is 0 Å². The van der Waals surface area contributed by atoms with E-state index in [1.54, 1.807) is 6.07 Å². The second kappa shape index (κ2) is 6.13. The van der Waals surface area contributed by atoms with Crippen molar-refractivity contribution in [3.05, 3.63) is 34.1 Å².